The van der Waals surface area contributed by atoms with E-state index in [2.05, 4.69) is 9.97 Å². The van der Waals surface area contributed by atoms with E-state index < -0.39 is 11.7 Å². The van der Waals surface area contributed by atoms with Crippen molar-refractivity contribution in [3.8, 4) is 17.5 Å². The van der Waals surface area contributed by atoms with Crippen molar-refractivity contribution < 1.29 is 13.2 Å². The number of aromatic nitrogens is 2. The second kappa shape index (κ2) is 4.63. The molecule has 104 valence electrons. The van der Waals surface area contributed by atoms with E-state index in [9.17, 15) is 13.2 Å². The molecule has 1 aromatic heterocycles. The molecule has 0 radical (unpaired) electrons. The van der Waals surface area contributed by atoms with Crippen LogP contribution in [0.1, 0.15) is 11.1 Å². The predicted molar refractivity (Wildman–Crippen MR) is 71.2 cm³/mol. The Bertz CT molecular complexity index is 839. The molecule has 0 aliphatic heterocycles. The lowest BCUT2D eigenvalue weighted by Crippen LogP contribution is -2.04. The number of imidazole rings is 1. The lowest BCUT2D eigenvalue weighted by molar-refractivity contribution is -0.137. The van der Waals surface area contributed by atoms with Crippen molar-refractivity contribution in [2.75, 3.05) is 0 Å². The Hall–Kier alpha value is -2.81. The molecule has 0 amide bonds. The molecule has 2 aromatic carbocycles. The summed E-state index contributed by atoms with van der Waals surface area (Å²) in [5.74, 6) is 0.466. The summed E-state index contributed by atoms with van der Waals surface area (Å²) >= 11 is 0. The minimum atomic E-state index is -4.35. The number of aromatic amines is 1. The van der Waals surface area contributed by atoms with Gasteiger partial charge in [0.05, 0.1) is 28.2 Å². The molecule has 0 saturated heterocycles. The molecule has 0 spiro atoms. The van der Waals surface area contributed by atoms with Crippen molar-refractivity contribution >= 4 is 11.0 Å². The summed E-state index contributed by atoms with van der Waals surface area (Å²) < 4.78 is 37.6. The van der Waals surface area contributed by atoms with E-state index in [4.69, 9.17) is 5.26 Å². The third-order valence-corrected chi connectivity index (χ3v) is 3.10. The Balaban J connectivity index is 2.02. The van der Waals surface area contributed by atoms with Gasteiger partial charge in [0.1, 0.15) is 5.82 Å². The molecule has 3 rings (SSSR count). The Morgan fingerprint density at radius 2 is 1.76 bits per heavy atom. The normalized spacial score (nSPS) is 11.5. The quantitative estimate of drug-likeness (QED) is 0.732. The van der Waals surface area contributed by atoms with E-state index in [0.717, 1.165) is 12.1 Å². The van der Waals surface area contributed by atoms with E-state index >= 15 is 0 Å². The van der Waals surface area contributed by atoms with Crippen molar-refractivity contribution in [2.45, 2.75) is 6.18 Å². The highest BCUT2D eigenvalue weighted by atomic mass is 19.4. The first kappa shape index (κ1) is 13.2. The van der Waals surface area contributed by atoms with Crippen LogP contribution in [0.25, 0.3) is 22.4 Å². The highest BCUT2D eigenvalue weighted by Gasteiger charge is 2.30. The number of fused-ring (bicyclic) bond motifs is 1. The number of benzene rings is 2. The Labute approximate surface area is 117 Å². The molecule has 21 heavy (non-hydrogen) atoms. The molecule has 0 saturated carbocycles. The van der Waals surface area contributed by atoms with E-state index in [1.54, 1.807) is 18.2 Å². The lowest BCUT2D eigenvalue weighted by atomic mass is 10.1. The number of hydrogen-bond donors (Lipinski definition) is 1. The van der Waals surface area contributed by atoms with Gasteiger partial charge >= 0.3 is 6.18 Å². The summed E-state index contributed by atoms with van der Waals surface area (Å²) in [7, 11) is 0. The third kappa shape index (κ3) is 2.46. The first-order valence-corrected chi connectivity index (χ1v) is 6.05. The summed E-state index contributed by atoms with van der Waals surface area (Å²) in [6.45, 7) is 0. The standard InChI is InChI=1S/C15H8F3N3/c16-15(17,18)11-4-2-10(3-5-11)14-20-12-6-1-9(8-19)7-13(12)21-14/h1-7H,(H,20,21). The molecule has 0 bridgehead atoms. The minimum Gasteiger partial charge on any atom is -0.338 e. The highest BCUT2D eigenvalue weighted by molar-refractivity contribution is 5.80. The summed E-state index contributed by atoms with van der Waals surface area (Å²) in [5.41, 5.74) is 1.67. The number of nitrogens with one attached hydrogen (secondary N) is 1. The maximum atomic E-state index is 12.5. The van der Waals surface area contributed by atoms with Crippen LogP contribution in [0.3, 0.4) is 0 Å². The maximum absolute atomic E-state index is 12.5. The fourth-order valence-corrected chi connectivity index (χ4v) is 2.03. The average Bonchev–Trinajstić information content (AvgIpc) is 2.89. The number of hydrogen-bond acceptors (Lipinski definition) is 2. The van der Waals surface area contributed by atoms with Gasteiger partial charge < -0.3 is 4.98 Å². The molecular weight excluding hydrogens is 279 g/mol. The van der Waals surface area contributed by atoms with E-state index in [-0.39, 0.29) is 0 Å². The number of nitriles is 1. The zero-order chi connectivity index (χ0) is 15.0. The fourth-order valence-electron chi connectivity index (χ4n) is 2.03. The summed E-state index contributed by atoms with van der Waals surface area (Å²) in [4.78, 5) is 7.31. The second-order valence-electron chi connectivity index (χ2n) is 4.50. The minimum absolute atomic E-state index is 0.466. The van der Waals surface area contributed by atoms with Crippen LogP contribution in [0, 0.1) is 11.3 Å². The summed E-state index contributed by atoms with van der Waals surface area (Å²) in [6, 6.07) is 11.8. The van der Waals surface area contributed by atoms with Crippen molar-refractivity contribution in [1.29, 1.82) is 5.26 Å². The predicted octanol–water partition coefficient (Wildman–Crippen LogP) is 4.12. The SMILES string of the molecule is N#Cc1ccc2nc(-c3ccc(C(F)(F)F)cc3)[nH]c2c1. The second-order valence-corrected chi connectivity index (χ2v) is 4.50. The van der Waals surface area contributed by atoms with Crippen LogP contribution in [0.2, 0.25) is 0 Å². The summed E-state index contributed by atoms with van der Waals surface area (Å²) in [6.07, 6.45) is -4.35. The Morgan fingerprint density at radius 1 is 1.05 bits per heavy atom. The topological polar surface area (TPSA) is 52.5 Å². The Kier molecular flexibility index (Phi) is 2.91. The van der Waals surface area contributed by atoms with E-state index in [1.165, 1.54) is 12.1 Å². The van der Waals surface area contributed by atoms with Gasteiger partial charge in [0.25, 0.3) is 0 Å². The van der Waals surface area contributed by atoms with E-state index in [0.29, 0.717) is 28.0 Å². The van der Waals surface area contributed by atoms with E-state index in [1.807, 2.05) is 6.07 Å². The molecule has 3 aromatic rings. The molecule has 1 N–H and O–H groups in total. The van der Waals surface area contributed by atoms with Gasteiger partial charge in [0, 0.05) is 5.56 Å². The van der Waals surface area contributed by atoms with Crippen LogP contribution in [-0.2, 0) is 6.18 Å². The van der Waals surface area contributed by atoms with Crippen molar-refractivity contribution in [3.05, 3.63) is 53.6 Å². The molecule has 0 fully saturated rings. The number of H-pyrrole nitrogens is 1. The number of halogens is 3. The number of nitrogens with zero attached hydrogens (tertiary/aromatic N) is 2. The van der Waals surface area contributed by atoms with Crippen LogP contribution < -0.4 is 0 Å². The van der Waals surface area contributed by atoms with Gasteiger partial charge in [-0.1, -0.05) is 12.1 Å². The number of rotatable bonds is 1. The molecular formula is C15H8F3N3. The zero-order valence-electron chi connectivity index (χ0n) is 10.6. The van der Waals surface area contributed by atoms with Gasteiger partial charge in [0.2, 0.25) is 0 Å². The van der Waals surface area contributed by atoms with Gasteiger partial charge in [-0.2, -0.15) is 18.4 Å². The van der Waals surface area contributed by atoms with Crippen LogP contribution in [0.15, 0.2) is 42.5 Å². The largest absolute Gasteiger partial charge is 0.416 e. The molecule has 0 aliphatic rings. The van der Waals surface area contributed by atoms with Gasteiger partial charge in [-0.3, -0.25) is 0 Å². The fraction of sp³-hybridized carbons (Fsp3) is 0.0667. The van der Waals surface area contributed by atoms with Crippen LogP contribution in [-0.4, -0.2) is 9.97 Å². The molecule has 0 unspecified atom stereocenters. The summed E-state index contributed by atoms with van der Waals surface area (Å²) in [5, 5.41) is 8.84. The monoisotopic (exact) mass is 287 g/mol. The molecule has 6 heteroatoms. The Morgan fingerprint density at radius 3 is 2.38 bits per heavy atom. The van der Waals surface area contributed by atoms with Crippen molar-refractivity contribution in [1.82, 2.24) is 9.97 Å². The van der Waals surface area contributed by atoms with Gasteiger partial charge in [-0.05, 0) is 30.3 Å². The van der Waals surface area contributed by atoms with Gasteiger partial charge in [-0.15, -0.1) is 0 Å². The molecule has 0 aliphatic carbocycles. The molecule has 0 atom stereocenters. The lowest BCUT2D eigenvalue weighted by Gasteiger charge is -2.06. The molecule has 3 nitrogen and oxygen atoms in total. The highest BCUT2D eigenvalue weighted by Crippen LogP contribution is 2.30. The zero-order valence-corrected chi connectivity index (χ0v) is 10.6. The van der Waals surface area contributed by atoms with Gasteiger partial charge in [-0.25, -0.2) is 4.98 Å². The van der Waals surface area contributed by atoms with Crippen LogP contribution in [0.4, 0.5) is 13.2 Å². The smallest absolute Gasteiger partial charge is 0.338 e. The first-order valence-electron chi connectivity index (χ1n) is 6.05. The third-order valence-electron chi connectivity index (χ3n) is 3.10. The maximum Gasteiger partial charge on any atom is 0.416 e. The van der Waals surface area contributed by atoms with Gasteiger partial charge in [0.15, 0.2) is 0 Å². The van der Waals surface area contributed by atoms with Crippen molar-refractivity contribution in [3.63, 3.8) is 0 Å². The van der Waals surface area contributed by atoms with Crippen LogP contribution in [0.5, 0.6) is 0 Å². The van der Waals surface area contributed by atoms with Crippen molar-refractivity contribution in [2.24, 2.45) is 0 Å². The first-order chi connectivity index (χ1) is 9.97. The number of alkyl halides is 3. The molecule has 1 heterocycles. The van der Waals surface area contributed by atoms with Crippen LogP contribution >= 0.6 is 0 Å². The average molecular weight is 287 g/mol.